The summed E-state index contributed by atoms with van der Waals surface area (Å²) < 4.78 is 0. The van der Waals surface area contributed by atoms with Gasteiger partial charge in [0.1, 0.15) is 11.3 Å². The fourth-order valence-corrected chi connectivity index (χ4v) is 5.50. The third-order valence-corrected chi connectivity index (χ3v) is 6.89. The molecule has 3 aromatic rings. The highest BCUT2D eigenvalue weighted by atomic mass is 16.6. The molecule has 29 heavy (non-hydrogen) atoms. The third kappa shape index (κ3) is 2.51. The number of β-amino-alcohol motifs (C(OH)–C–C–N with tert-alkyl or cyclic N) is 1. The van der Waals surface area contributed by atoms with E-state index in [0.29, 0.717) is 24.9 Å². The van der Waals surface area contributed by atoms with Crippen LogP contribution >= 0.6 is 0 Å². The largest absolute Gasteiger partial charge is 0.508 e. The van der Waals surface area contributed by atoms with Crippen molar-refractivity contribution in [3.8, 4) is 5.75 Å². The molecule has 5 rings (SSSR count). The number of rotatable bonds is 2. The lowest BCUT2D eigenvalue weighted by Gasteiger charge is -2.55. The Balaban J connectivity index is 1.74. The number of nitrogens with zero attached hydrogens (tertiary/aromatic N) is 2. The van der Waals surface area contributed by atoms with Gasteiger partial charge < -0.3 is 20.1 Å². The van der Waals surface area contributed by atoms with Gasteiger partial charge in [-0.1, -0.05) is 24.3 Å². The molecule has 7 heteroatoms. The molecule has 0 amide bonds. The van der Waals surface area contributed by atoms with Crippen LogP contribution in [0.5, 0.6) is 5.75 Å². The number of phenols is 1. The summed E-state index contributed by atoms with van der Waals surface area (Å²) in [7, 11) is 2.00. The fraction of sp³-hybridized carbons (Fsp3) is 0.364. The van der Waals surface area contributed by atoms with E-state index < -0.39 is 11.0 Å². The van der Waals surface area contributed by atoms with Gasteiger partial charge in [0.25, 0.3) is 5.69 Å². The maximum atomic E-state index is 12.0. The molecule has 1 fully saturated rings. The lowest BCUT2D eigenvalue weighted by molar-refractivity contribution is -0.383. The molecule has 0 bridgehead atoms. The van der Waals surface area contributed by atoms with Crippen molar-refractivity contribution in [3.05, 3.63) is 69.4 Å². The van der Waals surface area contributed by atoms with E-state index >= 15 is 0 Å². The molecule has 2 unspecified atom stereocenters. The molecule has 1 saturated heterocycles. The van der Waals surface area contributed by atoms with Crippen molar-refractivity contribution in [2.24, 2.45) is 0 Å². The van der Waals surface area contributed by atoms with Crippen molar-refractivity contribution in [2.75, 3.05) is 20.1 Å². The number of non-ortho nitro benzene ring substituents is 1. The topological polar surface area (TPSA) is 103 Å². The highest BCUT2D eigenvalue weighted by Gasteiger charge is 2.57. The fourth-order valence-electron chi connectivity index (χ4n) is 5.50. The molecule has 2 atom stereocenters. The van der Waals surface area contributed by atoms with Crippen molar-refractivity contribution in [1.29, 1.82) is 0 Å². The van der Waals surface area contributed by atoms with E-state index in [4.69, 9.17) is 0 Å². The number of benzene rings is 2. The van der Waals surface area contributed by atoms with E-state index in [1.165, 1.54) is 6.07 Å². The molecule has 7 nitrogen and oxygen atoms in total. The predicted octanol–water partition coefficient (Wildman–Crippen LogP) is 2.88. The van der Waals surface area contributed by atoms with Crippen LogP contribution in [0.15, 0.2) is 42.5 Å². The SMILES string of the molecule is CN1CCC2(c3cccc(O)c3)Cc3[nH]c4c([N+](=O)[O-])cccc4c3CC2(O)C1. The lowest BCUT2D eigenvalue weighted by Crippen LogP contribution is -2.65. The third-order valence-electron chi connectivity index (χ3n) is 6.89. The number of H-pyrrole nitrogens is 1. The molecule has 1 aliphatic carbocycles. The van der Waals surface area contributed by atoms with Crippen LogP contribution in [0.1, 0.15) is 23.2 Å². The number of fused-ring (bicyclic) bond motifs is 4. The van der Waals surface area contributed by atoms with Gasteiger partial charge in [-0.25, -0.2) is 0 Å². The average molecular weight is 393 g/mol. The minimum atomic E-state index is -1.04. The molecule has 3 N–H and O–H groups in total. The summed E-state index contributed by atoms with van der Waals surface area (Å²) >= 11 is 0. The molecular formula is C22H23N3O4. The van der Waals surface area contributed by atoms with Crippen LogP contribution in [-0.2, 0) is 18.3 Å². The standard InChI is InChI=1S/C22H23N3O4/c1-24-9-8-21(14-4-2-5-15(26)10-14)12-18-17(11-22(21,27)13-24)16-6-3-7-19(25(28)29)20(16)23-18/h2-7,10,23,26-27H,8-9,11-13H2,1H3. The van der Waals surface area contributed by atoms with Crippen molar-refractivity contribution >= 4 is 16.6 Å². The van der Waals surface area contributed by atoms with Crippen LogP contribution in [0.4, 0.5) is 5.69 Å². The van der Waals surface area contributed by atoms with Gasteiger partial charge in [0, 0.05) is 41.9 Å². The highest BCUT2D eigenvalue weighted by molar-refractivity contribution is 5.92. The summed E-state index contributed by atoms with van der Waals surface area (Å²) in [6.07, 6.45) is 1.69. The van der Waals surface area contributed by atoms with E-state index in [9.17, 15) is 20.3 Å². The molecule has 0 spiro atoms. The molecular weight excluding hydrogens is 370 g/mol. The number of para-hydroxylation sites is 1. The van der Waals surface area contributed by atoms with Crippen molar-refractivity contribution < 1.29 is 15.1 Å². The van der Waals surface area contributed by atoms with Crippen molar-refractivity contribution in [1.82, 2.24) is 9.88 Å². The summed E-state index contributed by atoms with van der Waals surface area (Å²) in [5.74, 6) is 0.177. The number of aromatic hydroxyl groups is 1. The number of aromatic nitrogens is 1. The number of likely N-dealkylation sites (tertiary alicyclic amines) is 1. The van der Waals surface area contributed by atoms with E-state index in [1.54, 1.807) is 18.2 Å². The first-order valence-corrected chi connectivity index (χ1v) is 9.80. The predicted molar refractivity (Wildman–Crippen MR) is 109 cm³/mol. The Hall–Kier alpha value is -2.90. The van der Waals surface area contributed by atoms with Gasteiger partial charge in [-0.3, -0.25) is 10.1 Å². The number of phenolic OH excluding ortho intramolecular Hbond substituents is 1. The van der Waals surface area contributed by atoms with E-state index in [-0.39, 0.29) is 16.4 Å². The molecule has 1 aliphatic heterocycles. The van der Waals surface area contributed by atoms with Crippen LogP contribution in [0, 0.1) is 10.1 Å². The van der Waals surface area contributed by atoms with Crippen LogP contribution in [-0.4, -0.2) is 50.8 Å². The number of hydrogen-bond acceptors (Lipinski definition) is 5. The van der Waals surface area contributed by atoms with Crippen LogP contribution < -0.4 is 0 Å². The zero-order valence-corrected chi connectivity index (χ0v) is 16.2. The van der Waals surface area contributed by atoms with Gasteiger partial charge in [0.2, 0.25) is 0 Å². The zero-order valence-electron chi connectivity index (χ0n) is 16.2. The Bertz CT molecular complexity index is 1140. The molecule has 0 radical (unpaired) electrons. The number of hydrogen-bond donors (Lipinski definition) is 3. The number of piperidine rings is 1. The number of likely N-dealkylation sites (N-methyl/N-ethyl adjacent to an activating group) is 1. The van der Waals surface area contributed by atoms with Gasteiger partial charge in [-0.05, 0) is 43.3 Å². The summed E-state index contributed by atoms with van der Waals surface area (Å²) in [6.45, 7) is 1.33. The smallest absolute Gasteiger partial charge is 0.293 e. The summed E-state index contributed by atoms with van der Waals surface area (Å²) in [6, 6.07) is 12.2. The van der Waals surface area contributed by atoms with Crippen molar-refractivity contribution in [3.63, 3.8) is 0 Å². The second kappa shape index (κ2) is 6.05. The first-order valence-electron chi connectivity index (χ1n) is 9.80. The summed E-state index contributed by atoms with van der Waals surface area (Å²) in [4.78, 5) is 16.6. The first kappa shape index (κ1) is 18.1. The summed E-state index contributed by atoms with van der Waals surface area (Å²) in [5, 5.41) is 34.4. The molecule has 2 heterocycles. The summed E-state index contributed by atoms with van der Waals surface area (Å²) in [5.41, 5.74) is 1.76. The minimum absolute atomic E-state index is 0.0513. The highest BCUT2D eigenvalue weighted by Crippen LogP contribution is 2.52. The maximum absolute atomic E-state index is 12.0. The van der Waals surface area contributed by atoms with Gasteiger partial charge in [-0.15, -0.1) is 0 Å². The molecule has 1 aromatic heterocycles. The number of aliphatic hydroxyl groups is 1. The van der Waals surface area contributed by atoms with Crippen molar-refractivity contribution in [2.45, 2.75) is 30.3 Å². The normalized spacial score (nSPS) is 26.8. The van der Waals surface area contributed by atoms with Gasteiger partial charge >= 0.3 is 0 Å². The van der Waals surface area contributed by atoms with Crippen LogP contribution in [0.2, 0.25) is 0 Å². The van der Waals surface area contributed by atoms with Gasteiger partial charge in [0.15, 0.2) is 0 Å². The Morgan fingerprint density at radius 2 is 2.00 bits per heavy atom. The molecule has 150 valence electrons. The maximum Gasteiger partial charge on any atom is 0.293 e. The monoisotopic (exact) mass is 393 g/mol. The van der Waals surface area contributed by atoms with E-state index in [1.807, 2.05) is 25.2 Å². The number of nitrogens with one attached hydrogen (secondary N) is 1. The number of nitro benzene ring substituents is 1. The number of nitro groups is 1. The Morgan fingerprint density at radius 3 is 2.76 bits per heavy atom. The molecule has 2 aliphatic rings. The lowest BCUT2D eigenvalue weighted by atomic mass is 9.56. The van der Waals surface area contributed by atoms with E-state index in [2.05, 4.69) is 9.88 Å². The van der Waals surface area contributed by atoms with Gasteiger partial charge in [-0.2, -0.15) is 0 Å². The zero-order chi connectivity index (χ0) is 20.4. The Morgan fingerprint density at radius 1 is 1.21 bits per heavy atom. The van der Waals surface area contributed by atoms with Crippen LogP contribution in [0.25, 0.3) is 10.9 Å². The Labute approximate surface area is 167 Å². The number of aromatic amines is 1. The average Bonchev–Trinajstić information content (AvgIpc) is 3.02. The first-order chi connectivity index (χ1) is 13.8. The molecule has 2 aromatic carbocycles. The molecule has 0 saturated carbocycles. The second-order valence-electron chi connectivity index (χ2n) is 8.54. The quantitative estimate of drug-likeness (QED) is 0.459. The van der Waals surface area contributed by atoms with Crippen LogP contribution in [0.3, 0.4) is 0 Å². The van der Waals surface area contributed by atoms with Gasteiger partial charge in [0.05, 0.1) is 10.5 Å². The Kier molecular flexibility index (Phi) is 3.78. The van der Waals surface area contributed by atoms with E-state index in [0.717, 1.165) is 35.2 Å². The minimum Gasteiger partial charge on any atom is -0.508 e. The second-order valence-corrected chi connectivity index (χ2v) is 8.54.